The predicted molar refractivity (Wildman–Crippen MR) is 89.2 cm³/mol. The molecule has 7 nitrogen and oxygen atoms in total. The van der Waals surface area contributed by atoms with Gasteiger partial charge < -0.3 is 20.6 Å². The van der Waals surface area contributed by atoms with Gasteiger partial charge in [0.2, 0.25) is 11.8 Å². The fraction of sp³-hybridized carbons (Fsp3) is 0.667. The van der Waals surface area contributed by atoms with Crippen LogP contribution in [-0.2, 0) is 9.59 Å². The minimum atomic E-state index is -0.686. The van der Waals surface area contributed by atoms with Gasteiger partial charge in [0.05, 0.1) is 23.9 Å². The number of rotatable bonds is 4. The fourth-order valence-corrected chi connectivity index (χ4v) is 3.40. The third-order valence-corrected chi connectivity index (χ3v) is 4.63. The lowest BCUT2D eigenvalue weighted by atomic mass is 9.86. The third kappa shape index (κ3) is 4.07. The Balaban J connectivity index is 2.15. The molecule has 1 saturated heterocycles. The number of likely N-dealkylation sites (tertiary alicyclic amines) is 1. The summed E-state index contributed by atoms with van der Waals surface area (Å²) in [6, 6.07) is -1.09. The average Bonchev–Trinajstić information content (AvgIpc) is 3.07. The molecule has 128 valence electrons. The van der Waals surface area contributed by atoms with Gasteiger partial charge in [-0.25, -0.2) is 0 Å². The molecule has 0 saturated carbocycles. The van der Waals surface area contributed by atoms with Gasteiger partial charge >= 0.3 is 0 Å². The van der Waals surface area contributed by atoms with Gasteiger partial charge in [0, 0.05) is 13.0 Å². The minimum Gasteiger partial charge on any atom is -0.391 e. The van der Waals surface area contributed by atoms with Crippen LogP contribution in [0.2, 0.25) is 0 Å². The molecule has 1 aliphatic heterocycles. The van der Waals surface area contributed by atoms with Crippen molar-refractivity contribution in [2.75, 3.05) is 18.9 Å². The maximum Gasteiger partial charge on any atom is 0.247 e. The van der Waals surface area contributed by atoms with E-state index in [4.69, 9.17) is 0 Å². The van der Waals surface area contributed by atoms with Crippen molar-refractivity contribution in [1.82, 2.24) is 15.2 Å². The van der Waals surface area contributed by atoms with Crippen LogP contribution in [0.5, 0.6) is 0 Å². The standard InChI is InChI=1S/C15H24N4O3S/c1-15(2,3)12(16-4)14(22)19-7-9(20)5-10(19)13(21)18-11-6-17-8-23-11/h6,8-10,12,16,20H,5,7H2,1-4H3,(H,18,21)/t9-,10+,12-/m1/s1. The molecule has 3 atom stereocenters. The Hall–Kier alpha value is -1.51. The molecule has 1 aliphatic rings. The number of thiazole rings is 1. The average molecular weight is 340 g/mol. The molecule has 2 heterocycles. The van der Waals surface area contributed by atoms with Crippen LogP contribution in [0.25, 0.3) is 0 Å². The van der Waals surface area contributed by atoms with Crippen molar-refractivity contribution in [3.63, 3.8) is 0 Å². The monoisotopic (exact) mass is 340 g/mol. The molecule has 2 rings (SSSR count). The maximum atomic E-state index is 12.8. The lowest BCUT2D eigenvalue weighted by Crippen LogP contribution is -2.55. The first kappa shape index (κ1) is 17.8. The van der Waals surface area contributed by atoms with E-state index in [1.165, 1.54) is 16.2 Å². The topological polar surface area (TPSA) is 94.6 Å². The van der Waals surface area contributed by atoms with Crippen molar-refractivity contribution < 1.29 is 14.7 Å². The molecule has 2 amide bonds. The number of aliphatic hydroxyl groups excluding tert-OH is 1. The predicted octanol–water partition coefficient (Wildman–Crippen LogP) is 0.677. The quantitative estimate of drug-likeness (QED) is 0.749. The summed E-state index contributed by atoms with van der Waals surface area (Å²) in [5.74, 6) is -0.455. The van der Waals surface area contributed by atoms with Gasteiger partial charge in [-0.05, 0) is 12.5 Å². The Kier molecular flexibility index (Phi) is 5.38. The summed E-state index contributed by atoms with van der Waals surface area (Å²) in [6.45, 7) is 6.06. The van der Waals surface area contributed by atoms with Crippen molar-refractivity contribution >= 4 is 28.2 Å². The largest absolute Gasteiger partial charge is 0.391 e. The molecule has 0 bridgehead atoms. The van der Waals surface area contributed by atoms with Gasteiger partial charge in [0.1, 0.15) is 11.0 Å². The third-order valence-electron chi connectivity index (χ3n) is 3.95. The van der Waals surface area contributed by atoms with Crippen LogP contribution in [-0.4, -0.2) is 58.6 Å². The molecule has 8 heteroatoms. The molecule has 3 N–H and O–H groups in total. The van der Waals surface area contributed by atoms with Crippen LogP contribution in [0.15, 0.2) is 11.7 Å². The number of carbonyl (C=O) groups excluding carboxylic acids is 2. The second-order valence-electron chi connectivity index (χ2n) is 6.84. The Bertz CT molecular complexity index is 556. The lowest BCUT2D eigenvalue weighted by molar-refractivity contribution is -0.140. The molecule has 1 aromatic rings. The first-order valence-corrected chi connectivity index (χ1v) is 8.47. The zero-order valence-corrected chi connectivity index (χ0v) is 14.7. The number of likely N-dealkylation sites (N-methyl/N-ethyl adjacent to an activating group) is 1. The van der Waals surface area contributed by atoms with E-state index < -0.39 is 18.2 Å². The summed E-state index contributed by atoms with van der Waals surface area (Å²) < 4.78 is 0. The van der Waals surface area contributed by atoms with E-state index in [9.17, 15) is 14.7 Å². The summed E-state index contributed by atoms with van der Waals surface area (Å²) in [5, 5.41) is 16.4. The number of β-amino-alcohol motifs (C(OH)–C–C–N with tert-alkyl or cyclic N) is 1. The molecular formula is C15H24N4O3S. The van der Waals surface area contributed by atoms with E-state index in [2.05, 4.69) is 15.6 Å². The van der Waals surface area contributed by atoms with Crippen LogP contribution in [0, 0.1) is 5.41 Å². The molecule has 0 aliphatic carbocycles. The van der Waals surface area contributed by atoms with Gasteiger partial charge in [-0.15, -0.1) is 11.3 Å². The highest BCUT2D eigenvalue weighted by Gasteiger charge is 2.43. The number of aliphatic hydroxyl groups is 1. The fourth-order valence-electron chi connectivity index (χ4n) is 2.88. The van der Waals surface area contributed by atoms with Crippen molar-refractivity contribution in [2.45, 2.75) is 45.4 Å². The van der Waals surface area contributed by atoms with E-state index >= 15 is 0 Å². The highest BCUT2D eigenvalue weighted by Crippen LogP contribution is 2.26. The van der Waals surface area contributed by atoms with E-state index in [1.54, 1.807) is 18.8 Å². The molecule has 0 unspecified atom stereocenters. The Morgan fingerprint density at radius 3 is 2.70 bits per heavy atom. The molecule has 0 aromatic carbocycles. The van der Waals surface area contributed by atoms with Crippen molar-refractivity contribution in [2.24, 2.45) is 5.41 Å². The van der Waals surface area contributed by atoms with E-state index in [-0.39, 0.29) is 30.2 Å². The van der Waals surface area contributed by atoms with Gasteiger partial charge in [-0.2, -0.15) is 0 Å². The van der Waals surface area contributed by atoms with E-state index in [0.29, 0.717) is 5.00 Å². The first-order valence-electron chi connectivity index (χ1n) is 7.59. The normalized spacial score (nSPS) is 22.9. The molecule has 23 heavy (non-hydrogen) atoms. The summed E-state index contributed by atoms with van der Waals surface area (Å²) >= 11 is 1.31. The number of aromatic nitrogens is 1. The minimum absolute atomic E-state index is 0.166. The number of hydrogen-bond donors (Lipinski definition) is 3. The lowest BCUT2D eigenvalue weighted by Gasteiger charge is -2.34. The van der Waals surface area contributed by atoms with Gasteiger partial charge in [0.15, 0.2) is 0 Å². The summed E-state index contributed by atoms with van der Waals surface area (Å²) in [5.41, 5.74) is 1.33. The Labute approximate surface area is 140 Å². The number of amides is 2. The van der Waals surface area contributed by atoms with Gasteiger partial charge in [-0.1, -0.05) is 20.8 Å². The molecular weight excluding hydrogens is 316 g/mol. The highest BCUT2D eigenvalue weighted by atomic mass is 32.1. The molecule has 0 spiro atoms. The van der Waals surface area contributed by atoms with E-state index in [0.717, 1.165) is 0 Å². The summed E-state index contributed by atoms with van der Waals surface area (Å²) in [7, 11) is 1.73. The second-order valence-corrected chi connectivity index (χ2v) is 7.72. The number of nitrogens with zero attached hydrogens (tertiary/aromatic N) is 2. The van der Waals surface area contributed by atoms with Crippen LogP contribution >= 0.6 is 11.3 Å². The van der Waals surface area contributed by atoms with Gasteiger partial charge in [-0.3, -0.25) is 14.6 Å². The Morgan fingerprint density at radius 2 is 2.17 bits per heavy atom. The van der Waals surface area contributed by atoms with Gasteiger partial charge in [0.25, 0.3) is 0 Å². The highest BCUT2D eigenvalue weighted by molar-refractivity contribution is 7.14. The van der Waals surface area contributed by atoms with Crippen LogP contribution in [0.4, 0.5) is 5.00 Å². The van der Waals surface area contributed by atoms with Crippen molar-refractivity contribution in [3.8, 4) is 0 Å². The van der Waals surface area contributed by atoms with E-state index in [1.807, 2.05) is 20.8 Å². The number of carbonyl (C=O) groups is 2. The van der Waals surface area contributed by atoms with Crippen LogP contribution in [0.3, 0.4) is 0 Å². The zero-order valence-electron chi connectivity index (χ0n) is 13.9. The summed E-state index contributed by atoms with van der Waals surface area (Å²) in [4.78, 5) is 30.7. The maximum absolute atomic E-state index is 12.8. The van der Waals surface area contributed by atoms with Crippen molar-refractivity contribution in [3.05, 3.63) is 11.7 Å². The Morgan fingerprint density at radius 1 is 1.48 bits per heavy atom. The zero-order chi connectivity index (χ0) is 17.2. The number of hydrogen-bond acceptors (Lipinski definition) is 6. The van der Waals surface area contributed by atoms with Crippen molar-refractivity contribution in [1.29, 1.82) is 0 Å². The number of anilines is 1. The first-order chi connectivity index (χ1) is 10.7. The SMILES string of the molecule is CN[C@H](C(=O)N1C[C@H](O)C[C@H]1C(=O)Nc1cncs1)C(C)(C)C. The molecule has 1 fully saturated rings. The molecule has 0 radical (unpaired) electrons. The number of nitrogens with one attached hydrogen (secondary N) is 2. The smallest absolute Gasteiger partial charge is 0.247 e. The van der Waals surface area contributed by atoms with Crippen LogP contribution < -0.4 is 10.6 Å². The second kappa shape index (κ2) is 6.94. The van der Waals surface area contributed by atoms with Crippen LogP contribution in [0.1, 0.15) is 27.2 Å². The summed E-state index contributed by atoms with van der Waals surface area (Å²) in [6.07, 6.45) is 1.12. The molecule has 1 aromatic heterocycles.